The first-order valence-electron chi connectivity index (χ1n) is 5.70. The third kappa shape index (κ3) is 5.44. The van der Waals surface area contributed by atoms with Gasteiger partial charge in [-0.1, -0.05) is 18.2 Å². The molecule has 0 bridgehead atoms. The summed E-state index contributed by atoms with van der Waals surface area (Å²) >= 11 is 4.89. The number of hydrogen-bond donors (Lipinski definition) is 3. The van der Waals surface area contributed by atoms with Gasteiger partial charge in [0.25, 0.3) is 5.69 Å². The maximum atomic E-state index is 11.6. The van der Waals surface area contributed by atoms with Crippen molar-refractivity contribution >= 4 is 28.9 Å². The Bertz CT molecular complexity index is 516. The lowest BCUT2D eigenvalue weighted by Gasteiger charge is -2.10. The van der Waals surface area contributed by atoms with Crippen LogP contribution in [0.15, 0.2) is 36.9 Å². The van der Waals surface area contributed by atoms with E-state index < -0.39 is 4.92 Å². The molecule has 0 saturated carbocycles. The van der Waals surface area contributed by atoms with Crippen LogP contribution in [0.25, 0.3) is 0 Å². The van der Waals surface area contributed by atoms with Gasteiger partial charge in [0.15, 0.2) is 5.11 Å². The number of nitrogens with zero attached hydrogens (tertiary/aromatic N) is 1. The van der Waals surface area contributed by atoms with Gasteiger partial charge < -0.3 is 5.32 Å². The van der Waals surface area contributed by atoms with Gasteiger partial charge in [-0.2, -0.15) is 0 Å². The Labute approximate surface area is 121 Å². The zero-order chi connectivity index (χ0) is 15.0. The molecule has 20 heavy (non-hydrogen) atoms. The van der Waals surface area contributed by atoms with Gasteiger partial charge in [0, 0.05) is 18.7 Å². The van der Waals surface area contributed by atoms with Crippen LogP contribution in [0.2, 0.25) is 0 Å². The van der Waals surface area contributed by atoms with Crippen LogP contribution in [-0.4, -0.2) is 22.5 Å². The second-order valence-electron chi connectivity index (χ2n) is 3.77. The number of hydrogen-bond acceptors (Lipinski definition) is 4. The summed E-state index contributed by atoms with van der Waals surface area (Å²) in [6.07, 6.45) is 1.72. The number of thiocarbonyl (C=S) groups is 1. The van der Waals surface area contributed by atoms with E-state index in [0.717, 1.165) is 0 Å². The minimum Gasteiger partial charge on any atom is -0.358 e. The Morgan fingerprint density at radius 3 is 2.55 bits per heavy atom. The molecule has 0 spiro atoms. The second kappa shape index (κ2) is 7.85. The highest BCUT2D eigenvalue weighted by molar-refractivity contribution is 7.80. The number of carbonyl (C=O) groups is 1. The molecule has 1 aromatic rings. The Balaban J connectivity index is 2.40. The highest BCUT2D eigenvalue weighted by atomic mass is 32.1. The van der Waals surface area contributed by atoms with Crippen LogP contribution in [0.4, 0.5) is 5.69 Å². The lowest BCUT2D eigenvalue weighted by Crippen LogP contribution is -2.47. The Morgan fingerprint density at radius 2 is 2.00 bits per heavy atom. The fourth-order valence-corrected chi connectivity index (χ4v) is 1.44. The van der Waals surface area contributed by atoms with E-state index in [-0.39, 0.29) is 23.1 Å². The Morgan fingerprint density at radius 1 is 1.35 bits per heavy atom. The van der Waals surface area contributed by atoms with Gasteiger partial charge >= 0.3 is 0 Å². The van der Waals surface area contributed by atoms with Crippen molar-refractivity contribution in [3.05, 3.63) is 52.6 Å². The number of non-ortho nitro benzene ring substituents is 1. The summed E-state index contributed by atoms with van der Waals surface area (Å²) in [6, 6.07) is 5.77. The molecule has 0 aliphatic heterocycles. The molecule has 0 atom stereocenters. The van der Waals surface area contributed by atoms with Gasteiger partial charge in [0.1, 0.15) is 0 Å². The molecule has 0 aliphatic rings. The van der Waals surface area contributed by atoms with Crippen LogP contribution in [0.5, 0.6) is 0 Å². The topological polar surface area (TPSA) is 96.3 Å². The number of nitro benzene ring substituents is 1. The fourth-order valence-electron chi connectivity index (χ4n) is 1.30. The van der Waals surface area contributed by atoms with E-state index in [2.05, 4.69) is 22.7 Å². The SMILES string of the molecule is C=CCNC(=S)NNC(=O)Cc1ccc([N+](=O)[O-])cc1. The third-order valence-electron chi connectivity index (χ3n) is 2.23. The van der Waals surface area contributed by atoms with Crippen LogP contribution >= 0.6 is 12.2 Å². The van der Waals surface area contributed by atoms with Gasteiger partial charge in [0.05, 0.1) is 11.3 Å². The zero-order valence-corrected chi connectivity index (χ0v) is 11.4. The van der Waals surface area contributed by atoms with E-state index in [9.17, 15) is 14.9 Å². The van der Waals surface area contributed by atoms with Crippen molar-refractivity contribution in [2.45, 2.75) is 6.42 Å². The van der Waals surface area contributed by atoms with E-state index >= 15 is 0 Å². The maximum absolute atomic E-state index is 11.6. The van der Waals surface area contributed by atoms with E-state index in [4.69, 9.17) is 12.2 Å². The van der Waals surface area contributed by atoms with E-state index in [0.29, 0.717) is 12.1 Å². The number of rotatable bonds is 5. The fraction of sp³-hybridized carbons (Fsp3) is 0.167. The first kappa shape index (κ1) is 15.6. The van der Waals surface area contributed by atoms with Gasteiger partial charge in [0.2, 0.25) is 5.91 Å². The lowest BCUT2D eigenvalue weighted by atomic mass is 10.1. The van der Waals surface area contributed by atoms with Crippen molar-refractivity contribution in [1.29, 1.82) is 0 Å². The summed E-state index contributed by atoms with van der Waals surface area (Å²) in [7, 11) is 0. The van der Waals surface area contributed by atoms with Gasteiger partial charge in [-0.15, -0.1) is 6.58 Å². The smallest absolute Gasteiger partial charge is 0.269 e. The molecule has 106 valence electrons. The van der Waals surface area contributed by atoms with E-state index in [1.54, 1.807) is 6.08 Å². The van der Waals surface area contributed by atoms with Gasteiger partial charge in [-0.05, 0) is 17.8 Å². The molecular weight excluding hydrogens is 280 g/mol. The maximum Gasteiger partial charge on any atom is 0.269 e. The van der Waals surface area contributed by atoms with Crippen molar-refractivity contribution in [1.82, 2.24) is 16.2 Å². The van der Waals surface area contributed by atoms with Crippen molar-refractivity contribution < 1.29 is 9.72 Å². The third-order valence-corrected chi connectivity index (χ3v) is 2.48. The first-order chi connectivity index (χ1) is 9.52. The molecule has 0 fully saturated rings. The quantitative estimate of drug-likeness (QED) is 0.322. The highest BCUT2D eigenvalue weighted by Crippen LogP contribution is 2.11. The molecule has 0 heterocycles. The predicted octanol–water partition coefficient (Wildman–Crippen LogP) is 0.819. The molecule has 3 N–H and O–H groups in total. The summed E-state index contributed by atoms with van der Waals surface area (Å²) in [5.41, 5.74) is 5.60. The summed E-state index contributed by atoms with van der Waals surface area (Å²) in [4.78, 5) is 21.6. The molecule has 8 heteroatoms. The first-order valence-corrected chi connectivity index (χ1v) is 6.10. The van der Waals surface area contributed by atoms with Gasteiger partial charge in [-0.25, -0.2) is 0 Å². The molecule has 0 unspecified atom stereocenters. The number of carbonyl (C=O) groups excluding carboxylic acids is 1. The van der Waals surface area contributed by atoms with Crippen LogP contribution in [0.1, 0.15) is 5.56 Å². The number of benzene rings is 1. The van der Waals surface area contributed by atoms with Crippen molar-refractivity contribution in [3.63, 3.8) is 0 Å². The van der Waals surface area contributed by atoms with Crippen molar-refractivity contribution in [2.75, 3.05) is 6.54 Å². The predicted molar refractivity (Wildman–Crippen MR) is 78.9 cm³/mol. The molecular formula is C12H14N4O3S. The summed E-state index contributed by atoms with van der Waals surface area (Å²) in [5.74, 6) is -0.304. The van der Waals surface area contributed by atoms with Crippen molar-refractivity contribution in [2.24, 2.45) is 0 Å². The zero-order valence-electron chi connectivity index (χ0n) is 10.6. The standard InChI is InChI=1S/C12H14N4O3S/c1-2-7-13-12(20)15-14-11(17)8-9-3-5-10(6-4-9)16(18)19/h2-6H,1,7-8H2,(H,14,17)(H2,13,15,20). The highest BCUT2D eigenvalue weighted by Gasteiger charge is 2.07. The molecule has 1 amide bonds. The average molecular weight is 294 g/mol. The number of amides is 1. The summed E-state index contributed by atoms with van der Waals surface area (Å²) < 4.78 is 0. The normalized spacial score (nSPS) is 9.40. The van der Waals surface area contributed by atoms with E-state index in [1.165, 1.54) is 24.3 Å². The van der Waals surface area contributed by atoms with Crippen LogP contribution in [-0.2, 0) is 11.2 Å². The Hall–Kier alpha value is -2.48. The minimum atomic E-state index is -0.491. The lowest BCUT2D eigenvalue weighted by molar-refractivity contribution is -0.384. The largest absolute Gasteiger partial charge is 0.358 e. The number of nitro groups is 1. The molecule has 7 nitrogen and oxygen atoms in total. The minimum absolute atomic E-state index is 0.0120. The average Bonchev–Trinajstić information content (AvgIpc) is 2.43. The van der Waals surface area contributed by atoms with Crippen LogP contribution in [0, 0.1) is 10.1 Å². The molecule has 1 aromatic carbocycles. The van der Waals surface area contributed by atoms with Gasteiger partial charge in [-0.3, -0.25) is 25.8 Å². The summed E-state index contributed by atoms with van der Waals surface area (Å²) in [6.45, 7) is 4.01. The number of hydrazine groups is 1. The van der Waals surface area contributed by atoms with Crippen LogP contribution in [0.3, 0.4) is 0 Å². The van der Waals surface area contributed by atoms with Crippen LogP contribution < -0.4 is 16.2 Å². The second-order valence-corrected chi connectivity index (χ2v) is 4.18. The Kier molecular flexibility index (Phi) is 6.11. The molecule has 0 aliphatic carbocycles. The molecule has 0 aromatic heterocycles. The molecule has 0 saturated heterocycles. The number of nitrogens with one attached hydrogen (secondary N) is 3. The van der Waals surface area contributed by atoms with E-state index in [1.807, 2.05) is 0 Å². The molecule has 1 rings (SSSR count). The monoisotopic (exact) mass is 294 g/mol. The van der Waals surface area contributed by atoms with Crippen molar-refractivity contribution in [3.8, 4) is 0 Å². The summed E-state index contributed by atoms with van der Waals surface area (Å²) in [5, 5.41) is 13.5. The molecule has 0 radical (unpaired) electrons.